The lowest BCUT2D eigenvalue weighted by molar-refractivity contribution is -0.116. The molecule has 1 unspecified atom stereocenters. The zero-order valence-corrected chi connectivity index (χ0v) is 17.8. The fourth-order valence-corrected chi connectivity index (χ4v) is 3.72. The third kappa shape index (κ3) is 4.35. The summed E-state index contributed by atoms with van der Waals surface area (Å²) in [5.41, 5.74) is 3.75. The molecule has 4 rings (SSSR count). The van der Waals surface area contributed by atoms with Gasteiger partial charge in [0, 0.05) is 23.9 Å². The molecule has 1 amide bonds. The Labute approximate surface area is 181 Å². The van der Waals surface area contributed by atoms with Crippen LogP contribution in [0.4, 0.5) is 4.39 Å². The molecule has 0 spiro atoms. The summed E-state index contributed by atoms with van der Waals surface area (Å²) >= 11 is 0. The molecule has 1 aliphatic carbocycles. The number of nitrogens with one attached hydrogen (secondary N) is 1. The van der Waals surface area contributed by atoms with Gasteiger partial charge >= 0.3 is 0 Å². The molecular weight excluding hydrogens is 393 g/mol. The van der Waals surface area contributed by atoms with Crippen molar-refractivity contribution in [2.75, 3.05) is 0 Å². The average molecular weight is 420 g/mol. The zero-order chi connectivity index (χ0) is 21.8. The monoisotopic (exact) mass is 419 g/mol. The zero-order valence-electron chi connectivity index (χ0n) is 17.8. The summed E-state index contributed by atoms with van der Waals surface area (Å²) < 4.78 is 17.0. The largest absolute Gasteiger partial charge is 0.344 e. The van der Waals surface area contributed by atoms with Crippen molar-refractivity contribution in [3.8, 4) is 5.69 Å². The summed E-state index contributed by atoms with van der Waals surface area (Å²) in [6.45, 7) is 4.85. The molecule has 0 aliphatic heterocycles. The van der Waals surface area contributed by atoms with Gasteiger partial charge in [-0.05, 0) is 62.6 Å². The average Bonchev–Trinajstić information content (AvgIpc) is 3.40. The Morgan fingerprint density at radius 1 is 1.19 bits per heavy atom. The van der Waals surface area contributed by atoms with E-state index in [9.17, 15) is 9.18 Å². The highest BCUT2D eigenvalue weighted by Crippen LogP contribution is 2.27. The predicted octanol–water partition coefficient (Wildman–Crippen LogP) is 4.69. The molecule has 1 aromatic carbocycles. The molecule has 0 saturated heterocycles. The number of hydrogen-bond acceptors (Lipinski definition) is 3. The van der Waals surface area contributed by atoms with Crippen molar-refractivity contribution in [1.29, 1.82) is 0 Å². The number of aromatic nitrogens is 4. The highest BCUT2D eigenvalue weighted by Gasteiger charge is 2.23. The predicted molar refractivity (Wildman–Crippen MR) is 119 cm³/mol. The number of benzene rings is 1. The minimum absolute atomic E-state index is 0.145. The van der Waals surface area contributed by atoms with Crippen LogP contribution in [0.2, 0.25) is 0 Å². The molecule has 0 bridgehead atoms. The summed E-state index contributed by atoms with van der Waals surface area (Å²) in [7, 11) is 0. The van der Waals surface area contributed by atoms with Gasteiger partial charge in [-0.2, -0.15) is 10.2 Å². The molecular formula is C24H26FN5O. The van der Waals surface area contributed by atoms with E-state index < -0.39 is 0 Å². The SMILES string of the molecule is CCC(NC(=O)C1=CCCC=Cc2c1cnn2-c1ccc(F)cc1)c1ccn(CC)n1. The molecule has 160 valence electrons. The van der Waals surface area contributed by atoms with Crippen molar-refractivity contribution >= 4 is 17.6 Å². The van der Waals surface area contributed by atoms with Crippen LogP contribution >= 0.6 is 0 Å². The van der Waals surface area contributed by atoms with Gasteiger partial charge in [-0.25, -0.2) is 9.07 Å². The van der Waals surface area contributed by atoms with Crippen molar-refractivity contribution < 1.29 is 9.18 Å². The molecule has 2 aromatic heterocycles. The first-order chi connectivity index (χ1) is 15.1. The fraction of sp³-hybridized carbons (Fsp3) is 0.292. The minimum atomic E-state index is -0.301. The fourth-order valence-electron chi connectivity index (χ4n) is 3.72. The smallest absolute Gasteiger partial charge is 0.252 e. The third-order valence-corrected chi connectivity index (χ3v) is 5.43. The highest BCUT2D eigenvalue weighted by atomic mass is 19.1. The number of amides is 1. The van der Waals surface area contributed by atoms with Crippen LogP contribution in [0.3, 0.4) is 0 Å². The van der Waals surface area contributed by atoms with E-state index in [0.717, 1.165) is 48.4 Å². The van der Waals surface area contributed by atoms with Crippen molar-refractivity contribution in [2.45, 2.75) is 45.7 Å². The van der Waals surface area contributed by atoms with Gasteiger partial charge in [-0.3, -0.25) is 9.48 Å². The van der Waals surface area contributed by atoms with Gasteiger partial charge in [-0.1, -0.05) is 19.1 Å². The molecule has 31 heavy (non-hydrogen) atoms. The maximum absolute atomic E-state index is 13.4. The molecule has 0 radical (unpaired) electrons. The molecule has 7 heteroatoms. The lowest BCUT2D eigenvalue weighted by atomic mass is 10.00. The van der Waals surface area contributed by atoms with Crippen LogP contribution in [0.15, 0.2) is 54.9 Å². The van der Waals surface area contributed by atoms with Crippen LogP contribution in [-0.2, 0) is 11.3 Å². The highest BCUT2D eigenvalue weighted by molar-refractivity contribution is 6.20. The molecule has 1 atom stereocenters. The van der Waals surface area contributed by atoms with E-state index in [2.05, 4.69) is 21.6 Å². The van der Waals surface area contributed by atoms with Crippen LogP contribution < -0.4 is 5.32 Å². The van der Waals surface area contributed by atoms with E-state index in [-0.39, 0.29) is 17.8 Å². The van der Waals surface area contributed by atoms with E-state index in [0.29, 0.717) is 5.57 Å². The molecule has 2 heterocycles. The van der Waals surface area contributed by atoms with Gasteiger partial charge in [0.1, 0.15) is 5.82 Å². The second kappa shape index (κ2) is 9.12. The normalized spacial score (nSPS) is 14.4. The van der Waals surface area contributed by atoms with Gasteiger partial charge in [0.25, 0.3) is 5.91 Å². The van der Waals surface area contributed by atoms with E-state index in [4.69, 9.17) is 0 Å². The van der Waals surface area contributed by atoms with Crippen LogP contribution in [-0.4, -0.2) is 25.5 Å². The van der Waals surface area contributed by atoms with Gasteiger partial charge in [-0.15, -0.1) is 0 Å². The van der Waals surface area contributed by atoms with Gasteiger partial charge < -0.3 is 5.32 Å². The van der Waals surface area contributed by atoms with Crippen LogP contribution in [0.5, 0.6) is 0 Å². The van der Waals surface area contributed by atoms with Crippen LogP contribution in [0.1, 0.15) is 56.1 Å². The number of allylic oxidation sites excluding steroid dienone is 2. The lowest BCUT2D eigenvalue weighted by Crippen LogP contribution is -2.29. The number of carbonyl (C=O) groups is 1. The molecule has 0 saturated carbocycles. The van der Waals surface area contributed by atoms with Gasteiger partial charge in [0.05, 0.1) is 29.3 Å². The molecule has 1 N–H and O–H groups in total. The second-order valence-electron chi connectivity index (χ2n) is 7.46. The molecule has 1 aliphatic rings. The summed E-state index contributed by atoms with van der Waals surface area (Å²) in [4.78, 5) is 13.3. The number of rotatable bonds is 6. The number of hydrogen-bond donors (Lipinski definition) is 1. The van der Waals surface area contributed by atoms with Crippen LogP contribution in [0.25, 0.3) is 17.3 Å². The molecule has 3 aromatic rings. The Balaban J connectivity index is 1.65. The van der Waals surface area contributed by atoms with Crippen LogP contribution in [0, 0.1) is 5.82 Å². The van der Waals surface area contributed by atoms with Crippen molar-refractivity contribution in [3.05, 3.63) is 77.6 Å². The Morgan fingerprint density at radius 2 is 2.00 bits per heavy atom. The minimum Gasteiger partial charge on any atom is -0.344 e. The van der Waals surface area contributed by atoms with E-state index >= 15 is 0 Å². The third-order valence-electron chi connectivity index (χ3n) is 5.43. The quantitative estimate of drug-likeness (QED) is 0.631. The number of halogens is 1. The Hall–Kier alpha value is -3.48. The Bertz CT molecular complexity index is 1120. The molecule has 6 nitrogen and oxygen atoms in total. The lowest BCUT2D eigenvalue weighted by Gasteiger charge is -2.17. The maximum atomic E-state index is 13.4. The first-order valence-corrected chi connectivity index (χ1v) is 10.7. The molecule has 0 fully saturated rings. The van der Waals surface area contributed by atoms with Gasteiger partial charge in [0.2, 0.25) is 0 Å². The van der Waals surface area contributed by atoms with Gasteiger partial charge in [0.15, 0.2) is 0 Å². The number of aryl methyl sites for hydroxylation is 1. The van der Waals surface area contributed by atoms with E-state index in [1.54, 1.807) is 23.0 Å². The first-order valence-electron chi connectivity index (χ1n) is 10.7. The first kappa shape index (κ1) is 20.8. The van der Waals surface area contributed by atoms with Crippen molar-refractivity contribution in [2.24, 2.45) is 0 Å². The topological polar surface area (TPSA) is 64.7 Å². The summed E-state index contributed by atoms with van der Waals surface area (Å²) in [5.74, 6) is -0.446. The summed E-state index contributed by atoms with van der Waals surface area (Å²) in [6, 6.07) is 7.94. The van der Waals surface area contributed by atoms with Crippen molar-refractivity contribution in [1.82, 2.24) is 24.9 Å². The second-order valence-corrected chi connectivity index (χ2v) is 7.46. The number of fused-ring (bicyclic) bond motifs is 1. The van der Waals surface area contributed by atoms with E-state index in [1.165, 1.54) is 12.1 Å². The standard InChI is InChI=1S/C24H26FN5O/c1-3-21(22-14-15-29(4-2)28-22)27-24(31)19-8-6-5-7-9-23-20(19)16-26-30(23)18-12-10-17(25)11-13-18/h7-16,21H,3-6H2,1-2H3,(H,27,31). The Morgan fingerprint density at radius 3 is 2.71 bits per heavy atom. The maximum Gasteiger partial charge on any atom is 0.252 e. The van der Waals surface area contributed by atoms with Crippen molar-refractivity contribution in [3.63, 3.8) is 0 Å². The van der Waals surface area contributed by atoms with E-state index in [1.807, 2.05) is 42.9 Å². The summed E-state index contributed by atoms with van der Waals surface area (Å²) in [6.07, 6.45) is 12.0. The number of nitrogens with zero attached hydrogens (tertiary/aromatic N) is 4. The summed E-state index contributed by atoms with van der Waals surface area (Å²) in [5, 5.41) is 12.2. The Kier molecular flexibility index (Phi) is 6.11. The number of carbonyl (C=O) groups excluding carboxylic acids is 1.